The van der Waals surface area contributed by atoms with Gasteiger partial charge >= 0.3 is 0 Å². The Kier molecular flexibility index (Phi) is 5.16. The van der Waals surface area contributed by atoms with Gasteiger partial charge in [0, 0.05) is 0 Å². The summed E-state index contributed by atoms with van der Waals surface area (Å²) in [6, 6.07) is 15.9. The van der Waals surface area contributed by atoms with Crippen molar-refractivity contribution in [2.75, 3.05) is 19.8 Å². The zero-order valence-corrected chi connectivity index (χ0v) is 13.3. The van der Waals surface area contributed by atoms with Crippen molar-refractivity contribution in [1.82, 2.24) is 0 Å². The molecular formula is C19H22O4. The number of benzene rings is 2. The number of hydrogen-bond acceptors (Lipinski definition) is 4. The molecule has 1 saturated heterocycles. The lowest BCUT2D eigenvalue weighted by Gasteiger charge is -2.11. The molecule has 0 aromatic heterocycles. The summed E-state index contributed by atoms with van der Waals surface area (Å²) in [6.45, 7) is 3.69. The van der Waals surface area contributed by atoms with Crippen LogP contribution in [-0.4, -0.2) is 37.1 Å². The molecule has 1 heterocycles. The lowest BCUT2D eigenvalue weighted by Crippen LogP contribution is -2.15. The summed E-state index contributed by atoms with van der Waals surface area (Å²) in [5.74, 6) is 1.63. The average molecular weight is 314 g/mol. The Bertz CT molecular complexity index is 602. The van der Waals surface area contributed by atoms with Crippen molar-refractivity contribution in [2.24, 2.45) is 0 Å². The fraction of sp³-hybridized carbons (Fsp3) is 0.368. The lowest BCUT2D eigenvalue weighted by atomic mass is 10.1. The fourth-order valence-corrected chi connectivity index (χ4v) is 2.15. The summed E-state index contributed by atoms with van der Waals surface area (Å²) < 4.78 is 16.3. The molecule has 4 nitrogen and oxygen atoms in total. The Hall–Kier alpha value is -2.04. The molecule has 1 aliphatic rings. The van der Waals surface area contributed by atoms with Crippen LogP contribution >= 0.6 is 0 Å². The van der Waals surface area contributed by atoms with Crippen molar-refractivity contribution >= 4 is 0 Å². The van der Waals surface area contributed by atoms with E-state index in [0.29, 0.717) is 19.6 Å². The number of ether oxygens (including phenoxy) is 3. The minimum atomic E-state index is -0.414. The van der Waals surface area contributed by atoms with Crippen LogP contribution < -0.4 is 9.47 Å². The fourth-order valence-electron chi connectivity index (χ4n) is 2.15. The van der Waals surface area contributed by atoms with Crippen LogP contribution in [0.1, 0.15) is 13.3 Å². The number of hydrogen-bond donors (Lipinski definition) is 1. The summed E-state index contributed by atoms with van der Waals surface area (Å²) in [5, 5.41) is 9.51. The molecule has 3 rings (SSSR count). The van der Waals surface area contributed by atoms with Gasteiger partial charge < -0.3 is 19.3 Å². The molecule has 0 saturated carbocycles. The third kappa shape index (κ3) is 4.71. The van der Waals surface area contributed by atoms with Crippen molar-refractivity contribution in [2.45, 2.75) is 25.6 Å². The molecule has 1 aliphatic heterocycles. The van der Waals surface area contributed by atoms with E-state index in [1.54, 1.807) is 0 Å². The second-order valence-electron chi connectivity index (χ2n) is 5.69. The van der Waals surface area contributed by atoms with Crippen molar-refractivity contribution in [1.29, 1.82) is 0 Å². The average Bonchev–Trinajstić information content (AvgIpc) is 3.43. The molecule has 1 N–H and O–H groups in total. The van der Waals surface area contributed by atoms with E-state index in [-0.39, 0.29) is 6.10 Å². The molecule has 2 atom stereocenters. The van der Waals surface area contributed by atoms with Gasteiger partial charge in [-0.25, -0.2) is 0 Å². The van der Waals surface area contributed by atoms with Crippen LogP contribution in [0, 0.1) is 0 Å². The number of rotatable bonds is 8. The van der Waals surface area contributed by atoms with E-state index in [4.69, 9.17) is 14.2 Å². The maximum absolute atomic E-state index is 9.51. The van der Waals surface area contributed by atoms with Crippen LogP contribution in [0.4, 0.5) is 0 Å². The number of aliphatic hydroxyl groups is 1. The first kappa shape index (κ1) is 15.8. The molecule has 1 fully saturated rings. The minimum Gasteiger partial charge on any atom is -0.491 e. The van der Waals surface area contributed by atoms with Gasteiger partial charge in [-0.15, -0.1) is 0 Å². The van der Waals surface area contributed by atoms with Gasteiger partial charge in [0.2, 0.25) is 0 Å². The maximum Gasteiger partial charge on any atom is 0.119 e. The predicted octanol–water partition coefficient (Wildman–Crippen LogP) is 3.28. The second kappa shape index (κ2) is 7.49. The standard InChI is InChI=1S/C19H22O4/c1-2-16(20)11-21-17-7-3-14(4-8-17)15-5-9-18(10-6-15)22-12-19-13-23-19/h3-10,16,19-20H,2,11-13H2,1H3. The smallest absolute Gasteiger partial charge is 0.119 e. The highest BCUT2D eigenvalue weighted by atomic mass is 16.6. The van der Waals surface area contributed by atoms with Crippen LogP contribution in [0.25, 0.3) is 11.1 Å². The Labute approximate surface area is 136 Å². The Morgan fingerprint density at radius 2 is 1.52 bits per heavy atom. The van der Waals surface area contributed by atoms with Gasteiger partial charge in [-0.1, -0.05) is 31.2 Å². The monoisotopic (exact) mass is 314 g/mol. The second-order valence-corrected chi connectivity index (χ2v) is 5.69. The molecule has 0 radical (unpaired) electrons. The topological polar surface area (TPSA) is 51.2 Å². The van der Waals surface area contributed by atoms with E-state index in [0.717, 1.165) is 29.2 Å². The van der Waals surface area contributed by atoms with E-state index in [9.17, 15) is 5.11 Å². The van der Waals surface area contributed by atoms with Gasteiger partial charge in [0.15, 0.2) is 0 Å². The first-order chi connectivity index (χ1) is 11.2. The molecular weight excluding hydrogens is 292 g/mol. The summed E-state index contributed by atoms with van der Waals surface area (Å²) in [5.41, 5.74) is 2.24. The molecule has 0 aliphatic carbocycles. The van der Waals surface area contributed by atoms with Crippen LogP contribution in [0.5, 0.6) is 11.5 Å². The third-order valence-electron chi connectivity index (χ3n) is 3.79. The number of aliphatic hydroxyl groups excluding tert-OH is 1. The van der Waals surface area contributed by atoms with Gasteiger partial charge in [-0.3, -0.25) is 0 Å². The SMILES string of the molecule is CCC(O)COc1ccc(-c2ccc(OCC3CO3)cc2)cc1. The highest BCUT2D eigenvalue weighted by molar-refractivity contribution is 5.64. The molecule has 2 aromatic rings. The van der Waals surface area contributed by atoms with Crippen LogP contribution in [-0.2, 0) is 4.74 Å². The Morgan fingerprint density at radius 3 is 2.00 bits per heavy atom. The molecule has 2 unspecified atom stereocenters. The van der Waals surface area contributed by atoms with E-state index >= 15 is 0 Å². The summed E-state index contributed by atoms with van der Waals surface area (Å²) in [6.07, 6.45) is 0.552. The number of epoxide rings is 1. The summed E-state index contributed by atoms with van der Waals surface area (Å²) in [4.78, 5) is 0. The van der Waals surface area contributed by atoms with Crippen molar-refractivity contribution in [3.05, 3.63) is 48.5 Å². The largest absolute Gasteiger partial charge is 0.491 e. The highest BCUT2D eigenvalue weighted by Crippen LogP contribution is 2.25. The van der Waals surface area contributed by atoms with Crippen LogP contribution in [0.2, 0.25) is 0 Å². The zero-order chi connectivity index (χ0) is 16.1. The van der Waals surface area contributed by atoms with Gasteiger partial charge in [-0.05, 0) is 41.8 Å². The molecule has 2 aromatic carbocycles. The normalized spacial score (nSPS) is 17.6. The van der Waals surface area contributed by atoms with E-state index < -0.39 is 6.10 Å². The first-order valence-corrected chi connectivity index (χ1v) is 8.00. The van der Waals surface area contributed by atoms with E-state index in [2.05, 4.69) is 0 Å². The molecule has 0 bridgehead atoms. The molecule has 0 amide bonds. The Balaban J connectivity index is 1.57. The zero-order valence-electron chi connectivity index (χ0n) is 13.3. The highest BCUT2D eigenvalue weighted by Gasteiger charge is 2.22. The minimum absolute atomic E-state index is 0.272. The van der Waals surface area contributed by atoms with Crippen molar-refractivity contribution in [3.63, 3.8) is 0 Å². The lowest BCUT2D eigenvalue weighted by molar-refractivity contribution is 0.104. The van der Waals surface area contributed by atoms with Crippen molar-refractivity contribution in [3.8, 4) is 22.6 Å². The molecule has 4 heteroatoms. The van der Waals surface area contributed by atoms with Gasteiger partial charge in [-0.2, -0.15) is 0 Å². The first-order valence-electron chi connectivity index (χ1n) is 8.00. The molecule has 122 valence electrons. The van der Waals surface area contributed by atoms with Gasteiger partial charge in [0.05, 0.1) is 12.7 Å². The quantitative estimate of drug-likeness (QED) is 0.760. The maximum atomic E-state index is 9.51. The van der Waals surface area contributed by atoms with Gasteiger partial charge in [0.25, 0.3) is 0 Å². The predicted molar refractivity (Wildman–Crippen MR) is 88.9 cm³/mol. The Morgan fingerprint density at radius 1 is 1.00 bits per heavy atom. The van der Waals surface area contributed by atoms with Crippen molar-refractivity contribution < 1.29 is 19.3 Å². The molecule has 23 heavy (non-hydrogen) atoms. The van der Waals surface area contributed by atoms with Gasteiger partial charge in [0.1, 0.15) is 30.8 Å². The van der Waals surface area contributed by atoms with Crippen LogP contribution in [0.3, 0.4) is 0 Å². The summed E-state index contributed by atoms with van der Waals surface area (Å²) in [7, 11) is 0. The third-order valence-corrected chi connectivity index (χ3v) is 3.79. The molecule has 0 spiro atoms. The van der Waals surface area contributed by atoms with E-state index in [1.165, 1.54) is 0 Å². The van der Waals surface area contributed by atoms with E-state index in [1.807, 2.05) is 55.5 Å². The van der Waals surface area contributed by atoms with Crippen LogP contribution in [0.15, 0.2) is 48.5 Å². The summed E-state index contributed by atoms with van der Waals surface area (Å²) >= 11 is 0.